The van der Waals surface area contributed by atoms with Crippen LogP contribution < -0.4 is 0 Å². The Kier molecular flexibility index (Phi) is 5.62. The molecule has 0 aromatic heterocycles. The van der Waals surface area contributed by atoms with Crippen molar-refractivity contribution in [1.29, 1.82) is 0 Å². The van der Waals surface area contributed by atoms with E-state index < -0.39 is 0 Å². The Hall–Kier alpha value is -1.55. The average molecular weight is 310 g/mol. The number of carbonyl (C=O) groups is 2. The number of hydrogen-bond donors (Lipinski definition) is 0. The Balaban J connectivity index is 1.72. The fourth-order valence-electron chi connectivity index (χ4n) is 2.51. The number of esters is 1. The minimum atomic E-state index is -0.153. The number of amides is 1. The highest BCUT2D eigenvalue weighted by molar-refractivity contribution is 6.30. The van der Waals surface area contributed by atoms with Crippen molar-refractivity contribution >= 4 is 23.5 Å². The van der Waals surface area contributed by atoms with Gasteiger partial charge < -0.3 is 9.64 Å². The molecule has 1 aromatic carbocycles. The van der Waals surface area contributed by atoms with Crippen LogP contribution in [-0.4, -0.2) is 36.5 Å². The number of hydrogen-bond acceptors (Lipinski definition) is 3. The van der Waals surface area contributed by atoms with Crippen molar-refractivity contribution in [2.75, 3.05) is 19.7 Å². The van der Waals surface area contributed by atoms with Crippen molar-refractivity contribution in [2.45, 2.75) is 26.2 Å². The van der Waals surface area contributed by atoms with Gasteiger partial charge in [-0.1, -0.05) is 23.7 Å². The first-order valence-electron chi connectivity index (χ1n) is 7.23. The van der Waals surface area contributed by atoms with Crippen molar-refractivity contribution < 1.29 is 14.3 Å². The molecule has 0 N–H and O–H groups in total. The summed E-state index contributed by atoms with van der Waals surface area (Å²) in [5.41, 5.74) is 1.06. The molecule has 0 bridgehead atoms. The molecule has 0 spiro atoms. The Morgan fingerprint density at radius 3 is 2.67 bits per heavy atom. The minimum Gasteiger partial charge on any atom is -0.465 e. The largest absolute Gasteiger partial charge is 0.465 e. The van der Waals surface area contributed by atoms with Crippen LogP contribution in [0, 0.1) is 5.92 Å². The number of rotatable bonds is 4. The van der Waals surface area contributed by atoms with Gasteiger partial charge in [-0.2, -0.15) is 0 Å². The number of carbonyl (C=O) groups excluding carboxylic acids is 2. The molecule has 1 saturated heterocycles. The molecule has 2 rings (SSSR count). The van der Waals surface area contributed by atoms with E-state index in [1.54, 1.807) is 11.8 Å². The van der Waals surface area contributed by atoms with Gasteiger partial charge >= 0.3 is 5.97 Å². The molecule has 1 heterocycles. The summed E-state index contributed by atoms with van der Waals surface area (Å²) in [6.45, 7) is 3.21. The number of benzene rings is 1. The highest BCUT2D eigenvalue weighted by atomic mass is 35.5. The highest BCUT2D eigenvalue weighted by Gasteiger charge is 2.26. The maximum atomic E-state index is 12.0. The summed E-state index contributed by atoms with van der Waals surface area (Å²) in [6.07, 6.45) is 2.05. The maximum absolute atomic E-state index is 12.0. The third-order valence-electron chi connectivity index (χ3n) is 3.80. The van der Waals surface area contributed by atoms with Crippen molar-refractivity contribution in [1.82, 2.24) is 4.90 Å². The van der Waals surface area contributed by atoms with Gasteiger partial charge in [0.2, 0.25) is 5.91 Å². The summed E-state index contributed by atoms with van der Waals surface area (Å²) in [4.78, 5) is 25.0. The second-order valence-corrected chi connectivity index (χ2v) is 5.76. The molecule has 0 radical (unpaired) electrons. The molecule has 1 aliphatic heterocycles. The first-order chi connectivity index (χ1) is 10.1. The molecule has 1 amide bonds. The molecular weight excluding hydrogens is 290 g/mol. The molecule has 1 aromatic rings. The van der Waals surface area contributed by atoms with Crippen molar-refractivity contribution in [3.8, 4) is 0 Å². The topological polar surface area (TPSA) is 46.6 Å². The Morgan fingerprint density at radius 2 is 2.05 bits per heavy atom. The molecule has 21 heavy (non-hydrogen) atoms. The van der Waals surface area contributed by atoms with Gasteiger partial charge in [0.1, 0.15) is 0 Å². The van der Waals surface area contributed by atoms with Crippen LogP contribution in [0.15, 0.2) is 24.3 Å². The summed E-state index contributed by atoms with van der Waals surface area (Å²) in [6, 6.07) is 7.54. The average Bonchev–Trinajstić information content (AvgIpc) is 2.47. The lowest BCUT2D eigenvalue weighted by Gasteiger charge is -2.30. The van der Waals surface area contributed by atoms with E-state index >= 15 is 0 Å². The standard InChI is InChI=1S/C16H20ClNO3/c1-12(19)18-8-5-14(6-9-18)16(20)21-10-7-13-3-2-4-15(17)11-13/h2-4,11,14H,5-10H2,1H3. The van der Waals surface area contributed by atoms with Crippen LogP contribution in [0.3, 0.4) is 0 Å². The van der Waals surface area contributed by atoms with Gasteiger partial charge in [0.15, 0.2) is 0 Å². The van der Waals surface area contributed by atoms with E-state index in [2.05, 4.69) is 0 Å². The third kappa shape index (κ3) is 4.74. The van der Waals surface area contributed by atoms with Crippen LogP contribution in [0.25, 0.3) is 0 Å². The smallest absolute Gasteiger partial charge is 0.309 e. The quantitative estimate of drug-likeness (QED) is 0.803. The van der Waals surface area contributed by atoms with Crippen LogP contribution in [0.2, 0.25) is 5.02 Å². The molecule has 4 nitrogen and oxygen atoms in total. The number of piperidine rings is 1. The second kappa shape index (κ2) is 7.46. The molecule has 0 atom stereocenters. The molecule has 1 aliphatic rings. The lowest BCUT2D eigenvalue weighted by atomic mass is 9.97. The molecule has 0 saturated carbocycles. The summed E-state index contributed by atoms with van der Waals surface area (Å²) in [7, 11) is 0. The lowest BCUT2D eigenvalue weighted by molar-refractivity contribution is -0.151. The molecule has 114 valence electrons. The number of halogens is 1. The van der Waals surface area contributed by atoms with Crippen molar-refractivity contribution in [3.63, 3.8) is 0 Å². The molecule has 0 aliphatic carbocycles. The number of nitrogens with zero attached hydrogens (tertiary/aromatic N) is 1. The first kappa shape index (κ1) is 15.8. The first-order valence-corrected chi connectivity index (χ1v) is 7.60. The van der Waals surface area contributed by atoms with E-state index in [-0.39, 0.29) is 17.8 Å². The van der Waals surface area contributed by atoms with E-state index in [1.165, 1.54) is 0 Å². The van der Waals surface area contributed by atoms with Crippen molar-refractivity contribution in [3.05, 3.63) is 34.9 Å². The Labute approximate surface area is 130 Å². The van der Waals surface area contributed by atoms with Gasteiger partial charge in [0.25, 0.3) is 0 Å². The van der Waals surface area contributed by atoms with E-state index in [1.807, 2.05) is 24.3 Å². The third-order valence-corrected chi connectivity index (χ3v) is 4.03. The van der Waals surface area contributed by atoms with Crippen molar-refractivity contribution in [2.24, 2.45) is 5.92 Å². The number of ether oxygens (including phenoxy) is 1. The predicted octanol–water partition coefficient (Wildman–Crippen LogP) is 2.68. The van der Waals surface area contributed by atoms with Crippen LogP contribution in [0.1, 0.15) is 25.3 Å². The molecule has 5 heteroatoms. The second-order valence-electron chi connectivity index (χ2n) is 5.33. The van der Waals surface area contributed by atoms with E-state index in [0.29, 0.717) is 44.0 Å². The van der Waals surface area contributed by atoms with E-state index in [0.717, 1.165) is 5.56 Å². The van der Waals surface area contributed by atoms with E-state index in [4.69, 9.17) is 16.3 Å². The van der Waals surface area contributed by atoms with Crippen LogP contribution in [0.5, 0.6) is 0 Å². The minimum absolute atomic E-state index is 0.0720. The molecule has 1 fully saturated rings. The summed E-state index contributed by atoms with van der Waals surface area (Å²) in [5.74, 6) is -0.164. The van der Waals surface area contributed by atoms with Gasteiger partial charge in [0.05, 0.1) is 12.5 Å². The van der Waals surface area contributed by atoms with Crippen LogP contribution in [-0.2, 0) is 20.7 Å². The van der Waals surface area contributed by atoms with Gasteiger partial charge in [0, 0.05) is 31.5 Å². The SMILES string of the molecule is CC(=O)N1CCC(C(=O)OCCc2cccc(Cl)c2)CC1. The zero-order chi connectivity index (χ0) is 15.2. The van der Waals surface area contributed by atoms with Crippen LogP contribution >= 0.6 is 11.6 Å². The highest BCUT2D eigenvalue weighted by Crippen LogP contribution is 2.19. The number of likely N-dealkylation sites (tertiary alicyclic amines) is 1. The van der Waals surface area contributed by atoms with E-state index in [9.17, 15) is 9.59 Å². The Morgan fingerprint density at radius 1 is 1.33 bits per heavy atom. The van der Waals surface area contributed by atoms with Gasteiger partial charge in [-0.25, -0.2) is 0 Å². The lowest BCUT2D eigenvalue weighted by Crippen LogP contribution is -2.39. The molecule has 0 unspecified atom stereocenters. The Bertz CT molecular complexity index is 510. The summed E-state index contributed by atoms with van der Waals surface area (Å²) in [5, 5.41) is 0.690. The zero-order valence-electron chi connectivity index (χ0n) is 12.2. The fraction of sp³-hybridized carbons (Fsp3) is 0.500. The van der Waals surface area contributed by atoms with Gasteiger partial charge in [-0.3, -0.25) is 9.59 Å². The monoisotopic (exact) mass is 309 g/mol. The van der Waals surface area contributed by atoms with Gasteiger partial charge in [-0.15, -0.1) is 0 Å². The maximum Gasteiger partial charge on any atom is 0.309 e. The predicted molar refractivity (Wildman–Crippen MR) is 81.1 cm³/mol. The fourth-order valence-corrected chi connectivity index (χ4v) is 2.72. The molecular formula is C16H20ClNO3. The normalized spacial score (nSPS) is 15.8. The van der Waals surface area contributed by atoms with Gasteiger partial charge in [-0.05, 0) is 30.5 Å². The zero-order valence-corrected chi connectivity index (χ0v) is 12.9. The van der Waals surface area contributed by atoms with Crippen LogP contribution in [0.4, 0.5) is 0 Å². The summed E-state index contributed by atoms with van der Waals surface area (Å²) >= 11 is 5.91. The summed E-state index contributed by atoms with van der Waals surface area (Å²) < 4.78 is 5.34.